The maximum atomic E-state index is 15.8. The van der Waals surface area contributed by atoms with Gasteiger partial charge in [0.05, 0.1) is 23.6 Å². The molecule has 1 N–H and O–H groups in total. The third-order valence-corrected chi connectivity index (χ3v) is 8.88. The Morgan fingerprint density at radius 1 is 1.14 bits per heavy atom. The van der Waals surface area contributed by atoms with Gasteiger partial charge in [0.2, 0.25) is 11.8 Å². The van der Waals surface area contributed by atoms with Crippen LogP contribution in [0.5, 0.6) is 5.88 Å². The lowest BCUT2D eigenvalue weighted by atomic mass is 9.79. The molecule has 9 nitrogen and oxygen atoms in total. The molecule has 228 valence electrons. The molecule has 2 aromatic rings. The summed E-state index contributed by atoms with van der Waals surface area (Å²) in [7, 11) is 0. The fourth-order valence-corrected chi connectivity index (χ4v) is 6.42. The van der Waals surface area contributed by atoms with Gasteiger partial charge in [-0.3, -0.25) is 9.59 Å². The van der Waals surface area contributed by atoms with Gasteiger partial charge in [-0.1, -0.05) is 39.3 Å². The third kappa shape index (κ3) is 6.02. The standard InChI is InChI=1S/C30H37ClF2N4O5/c1-15-22-14-37(23(15)16(2)38)27(39)25(29(3,4)5)36-28(40)41-19-11-17(12-19)7-6-10-30(32,33)24-26(42-22)35-21-13-18(31)8-9-20(21)34-24/h8-9,13,15,17,19,22-23,25H,6-7,10-12,14H2,1-5H3,(H,36,40)/t15-,17?,19?,22+,23+,25-/m1/s1. The number of aromatic nitrogens is 2. The minimum Gasteiger partial charge on any atom is -0.471 e. The summed E-state index contributed by atoms with van der Waals surface area (Å²) >= 11 is 6.15. The van der Waals surface area contributed by atoms with Crippen molar-refractivity contribution in [2.75, 3.05) is 6.54 Å². The Morgan fingerprint density at radius 3 is 2.52 bits per heavy atom. The lowest BCUT2D eigenvalue weighted by molar-refractivity contribution is -0.141. The highest BCUT2D eigenvalue weighted by Crippen LogP contribution is 2.42. The van der Waals surface area contributed by atoms with Crippen LogP contribution in [-0.4, -0.2) is 63.5 Å². The first-order valence-electron chi connectivity index (χ1n) is 14.4. The number of carbonyl (C=O) groups excluding carboxylic acids is 3. The van der Waals surface area contributed by atoms with Gasteiger partial charge in [-0.15, -0.1) is 0 Å². The number of hydrogen-bond acceptors (Lipinski definition) is 7. The van der Waals surface area contributed by atoms with Crippen LogP contribution in [0.15, 0.2) is 18.2 Å². The topological polar surface area (TPSA) is 111 Å². The second-order valence-corrected chi connectivity index (χ2v) is 13.4. The van der Waals surface area contributed by atoms with Crippen molar-refractivity contribution < 1.29 is 32.6 Å². The number of Topliss-reactive ketones (excluding diaryl/α,β-unsaturated/α-hetero) is 1. The number of halogens is 3. The Balaban J connectivity index is 1.57. The van der Waals surface area contributed by atoms with E-state index in [1.54, 1.807) is 13.0 Å². The molecule has 1 saturated carbocycles. The molecule has 6 rings (SSSR count). The van der Waals surface area contributed by atoms with Crippen LogP contribution in [0.3, 0.4) is 0 Å². The van der Waals surface area contributed by atoms with Crippen LogP contribution in [0.25, 0.3) is 11.0 Å². The van der Waals surface area contributed by atoms with Gasteiger partial charge in [0.1, 0.15) is 18.2 Å². The van der Waals surface area contributed by atoms with E-state index in [9.17, 15) is 14.4 Å². The number of alkyl halides is 2. The highest BCUT2D eigenvalue weighted by atomic mass is 35.5. The van der Waals surface area contributed by atoms with Crippen molar-refractivity contribution in [1.82, 2.24) is 20.2 Å². The van der Waals surface area contributed by atoms with Crippen molar-refractivity contribution >= 4 is 40.4 Å². The first-order chi connectivity index (χ1) is 19.6. The van der Waals surface area contributed by atoms with E-state index >= 15 is 8.78 Å². The summed E-state index contributed by atoms with van der Waals surface area (Å²) in [5, 5.41) is 3.10. The molecule has 1 aromatic heterocycles. The van der Waals surface area contributed by atoms with Gasteiger partial charge in [-0.05, 0) is 62.1 Å². The smallest absolute Gasteiger partial charge is 0.408 e. The largest absolute Gasteiger partial charge is 0.471 e. The molecular formula is C30H37ClF2N4O5. The Labute approximate surface area is 248 Å². The summed E-state index contributed by atoms with van der Waals surface area (Å²) in [4.78, 5) is 49.8. The number of alkyl carbamates (subject to hydrolysis) is 1. The molecule has 1 saturated heterocycles. The molecule has 0 radical (unpaired) electrons. The Kier molecular flexibility index (Phi) is 8.10. The monoisotopic (exact) mass is 606 g/mol. The van der Waals surface area contributed by atoms with Gasteiger partial charge in [0.15, 0.2) is 11.5 Å². The average Bonchev–Trinajstić information content (AvgIpc) is 3.19. The van der Waals surface area contributed by atoms with E-state index in [2.05, 4.69) is 15.3 Å². The first-order valence-corrected chi connectivity index (χ1v) is 14.8. The van der Waals surface area contributed by atoms with Crippen molar-refractivity contribution in [2.45, 2.75) is 96.9 Å². The molecule has 0 unspecified atom stereocenters. The van der Waals surface area contributed by atoms with Crippen LogP contribution in [0.2, 0.25) is 5.02 Å². The fraction of sp³-hybridized carbons (Fsp3) is 0.633. The van der Waals surface area contributed by atoms with E-state index in [-0.39, 0.29) is 47.7 Å². The van der Waals surface area contributed by atoms with Crippen LogP contribution in [0.4, 0.5) is 13.6 Å². The number of hydrogen-bond donors (Lipinski definition) is 1. The lowest BCUT2D eigenvalue weighted by Gasteiger charge is -2.37. The van der Waals surface area contributed by atoms with Crippen LogP contribution >= 0.6 is 11.6 Å². The van der Waals surface area contributed by atoms with E-state index in [0.717, 1.165) is 0 Å². The second-order valence-electron chi connectivity index (χ2n) is 13.0. The predicted molar refractivity (Wildman–Crippen MR) is 151 cm³/mol. The van der Waals surface area contributed by atoms with Crippen LogP contribution in [0, 0.1) is 17.3 Å². The Hall–Kier alpha value is -3.08. The van der Waals surface area contributed by atoms with E-state index in [4.69, 9.17) is 21.1 Å². The summed E-state index contributed by atoms with van der Waals surface area (Å²) in [5.74, 6) is -4.88. The SMILES string of the molecule is CC(=O)[C@@H]1[C@H](C)[C@@H]2CN1C(=O)[C@H](C(C)(C)C)NC(=O)OC1CC(CCCC(F)(F)c3nc4ccc(Cl)cc4nc3O2)C1. The molecule has 3 aliphatic heterocycles. The van der Waals surface area contributed by atoms with E-state index in [1.807, 2.05) is 20.8 Å². The van der Waals surface area contributed by atoms with Crippen molar-refractivity contribution in [3.63, 3.8) is 0 Å². The maximum Gasteiger partial charge on any atom is 0.408 e. The van der Waals surface area contributed by atoms with Crippen molar-refractivity contribution in [2.24, 2.45) is 17.3 Å². The molecule has 4 bridgehead atoms. The zero-order valence-corrected chi connectivity index (χ0v) is 25.2. The summed E-state index contributed by atoms with van der Waals surface area (Å²) in [6.45, 7) is 8.46. The number of fused-ring (bicyclic) bond motifs is 8. The molecule has 2 amide bonds. The normalized spacial score (nSPS) is 30.2. The van der Waals surface area contributed by atoms with Gasteiger partial charge in [0, 0.05) is 17.4 Å². The number of amides is 2. The Morgan fingerprint density at radius 2 is 1.86 bits per heavy atom. The molecule has 42 heavy (non-hydrogen) atoms. The lowest BCUT2D eigenvalue weighted by Crippen LogP contribution is -2.57. The molecule has 2 fully saturated rings. The van der Waals surface area contributed by atoms with Crippen molar-refractivity contribution in [3.05, 3.63) is 28.9 Å². The van der Waals surface area contributed by atoms with E-state index in [0.29, 0.717) is 24.3 Å². The minimum absolute atomic E-state index is 0.0713. The first kappa shape index (κ1) is 30.4. The van der Waals surface area contributed by atoms with Crippen LogP contribution in [0.1, 0.15) is 72.4 Å². The molecular weight excluding hydrogens is 570 g/mol. The zero-order chi connectivity index (χ0) is 30.6. The van der Waals surface area contributed by atoms with E-state index in [1.165, 1.54) is 24.0 Å². The molecule has 4 aliphatic rings. The van der Waals surface area contributed by atoms with Gasteiger partial charge < -0.3 is 19.7 Å². The molecule has 12 heteroatoms. The molecule has 1 aliphatic carbocycles. The number of nitrogens with zero attached hydrogens (tertiary/aromatic N) is 3. The quantitative estimate of drug-likeness (QED) is 0.446. The zero-order valence-electron chi connectivity index (χ0n) is 24.5. The highest BCUT2D eigenvalue weighted by Gasteiger charge is 2.50. The number of nitrogens with one attached hydrogen (secondary N) is 1. The average molecular weight is 607 g/mol. The van der Waals surface area contributed by atoms with Crippen LogP contribution in [-0.2, 0) is 20.2 Å². The number of carbonyl (C=O) groups is 3. The van der Waals surface area contributed by atoms with Gasteiger partial charge in [0.25, 0.3) is 5.92 Å². The fourth-order valence-electron chi connectivity index (χ4n) is 6.25. The molecule has 1 aromatic carbocycles. The second kappa shape index (κ2) is 11.2. The number of ketones is 1. The summed E-state index contributed by atoms with van der Waals surface area (Å²) in [6.07, 6.45) is -0.460. The third-order valence-electron chi connectivity index (χ3n) is 8.64. The maximum absolute atomic E-state index is 15.8. The van der Waals surface area contributed by atoms with Crippen molar-refractivity contribution in [3.8, 4) is 5.88 Å². The minimum atomic E-state index is -3.35. The van der Waals surface area contributed by atoms with Gasteiger partial charge in [-0.25, -0.2) is 14.8 Å². The van der Waals surface area contributed by atoms with Gasteiger partial charge in [-0.2, -0.15) is 8.78 Å². The number of ether oxygens (including phenoxy) is 2. The summed E-state index contributed by atoms with van der Waals surface area (Å²) < 4.78 is 43.4. The van der Waals surface area contributed by atoms with Crippen LogP contribution < -0.4 is 10.1 Å². The summed E-state index contributed by atoms with van der Waals surface area (Å²) in [6, 6.07) is 2.72. The molecule has 0 spiro atoms. The number of benzene rings is 1. The highest BCUT2D eigenvalue weighted by molar-refractivity contribution is 6.31. The molecule has 4 atom stereocenters. The van der Waals surface area contributed by atoms with E-state index < -0.39 is 59.6 Å². The summed E-state index contributed by atoms with van der Waals surface area (Å²) in [5.41, 5.74) is -0.758. The predicted octanol–water partition coefficient (Wildman–Crippen LogP) is 5.66. The van der Waals surface area contributed by atoms with Gasteiger partial charge >= 0.3 is 6.09 Å². The van der Waals surface area contributed by atoms with Crippen molar-refractivity contribution in [1.29, 1.82) is 0 Å². The Bertz CT molecular complexity index is 1390. The molecule has 4 heterocycles. The number of rotatable bonds is 1.